The van der Waals surface area contributed by atoms with Crippen LogP contribution in [0.4, 0.5) is 0 Å². The molecule has 0 bridgehead atoms. The Labute approximate surface area is 82.0 Å². The topological polar surface area (TPSA) is 32.3 Å². The third-order valence-electron chi connectivity index (χ3n) is 1.88. The summed E-state index contributed by atoms with van der Waals surface area (Å²) in [7, 11) is 0. The lowest BCUT2D eigenvalue weighted by atomic mass is 9.96. The van der Waals surface area contributed by atoms with Gasteiger partial charge in [-0.25, -0.2) is 0 Å². The van der Waals surface area contributed by atoms with Gasteiger partial charge in [0.15, 0.2) is 0 Å². The molecule has 0 heterocycles. The molecule has 0 aromatic heterocycles. The van der Waals surface area contributed by atoms with E-state index in [1.165, 1.54) is 0 Å². The van der Waals surface area contributed by atoms with Crippen LogP contribution in [0, 0.1) is 5.92 Å². The van der Waals surface area contributed by atoms with Gasteiger partial charge in [-0.3, -0.25) is 0 Å². The average Bonchev–Trinajstić information content (AvgIpc) is 1.81. The highest BCUT2D eigenvalue weighted by molar-refractivity contribution is 4.90. The summed E-state index contributed by atoms with van der Waals surface area (Å²) in [4.78, 5) is 0. The molecule has 0 aliphatic heterocycles. The molecule has 78 valence electrons. The minimum atomic E-state index is 0.0877. The van der Waals surface area contributed by atoms with Gasteiger partial charge in [0.05, 0.1) is 5.76 Å². The molecule has 0 amide bonds. The molecule has 0 spiro atoms. The van der Waals surface area contributed by atoms with E-state index < -0.39 is 0 Å². The molecule has 0 radical (unpaired) electrons. The molecule has 0 rings (SSSR count). The van der Waals surface area contributed by atoms with E-state index in [1.54, 1.807) is 0 Å². The van der Waals surface area contributed by atoms with E-state index >= 15 is 0 Å². The van der Waals surface area contributed by atoms with Gasteiger partial charge in [-0.15, -0.1) is 0 Å². The van der Waals surface area contributed by atoms with Crippen molar-refractivity contribution in [3.63, 3.8) is 0 Å². The second-order valence-corrected chi connectivity index (χ2v) is 5.02. The van der Waals surface area contributed by atoms with Crippen LogP contribution in [-0.4, -0.2) is 16.7 Å². The lowest BCUT2D eigenvalue weighted by Crippen LogP contribution is -2.46. The highest BCUT2D eigenvalue weighted by atomic mass is 16.3. The van der Waals surface area contributed by atoms with E-state index in [1.807, 2.05) is 0 Å². The Morgan fingerprint density at radius 2 is 1.85 bits per heavy atom. The third kappa shape index (κ3) is 6.64. The first kappa shape index (κ1) is 12.5. The number of rotatable bonds is 4. The Bertz CT molecular complexity index is 167. The average molecular weight is 185 g/mol. The standard InChI is InChI=1S/C11H23NO/c1-8(2)10(7-9(3)13)12-11(4,5)6/h8,10,12-13H,3,7H2,1-2,4-6H3. The molecule has 1 atom stereocenters. The van der Waals surface area contributed by atoms with Crippen molar-refractivity contribution in [2.45, 2.75) is 52.6 Å². The predicted octanol–water partition coefficient (Wildman–Crippen LogP) is 2.86. The van der Waals surface area contributed by atoms with Crippen molar-refractivity contribution < 1.29 is 5.11 Å². The molecule has 13 heavy (non-hydrogen) atoms. The van der Waals surface area contributed by atoms with E-state index in [-0.39, 0.29) is 11.3 Å². The van der Waals surface area contributed by atoms with Crippen LogP contribution in [0.1, 0.15) is 41.0 Å². The molecule has 0 aromatic rings. The molecule has 0 aromatic carbocycles. The van der Waals surface area contributed by atoms with Crippen LogP contribution < -0.4 is 5.32 Å². The predicted molar refractivity (Wildman–Crippen MR) is 57.9 cm³/mol. The molecular weight excluding hydrogens is 162 g/mol. The van der Waals surface area contributed by atoms with Gasteiger partial charge in [0.25, 0.3) is 0 Å². The van der Waals surface area contributed by atoms with Gasteiger partial charge in [-0.2, -0.15) is 0 Å². The molecule has 2 N–H and O–H groups in total. The van der Waals surface area contributed by atoms with E-state index in [0.29, 0.717) is 18.4 Å². The number of aliphatic hydroxyl groups excluding tert-OH is 1. The zero-order valence-corrected chi connectivity index (χ0v) is 9.52. The van der Waals surface area contributed by atoms with Gasteiger partial charge in [0.2, 0.25) is 0 Å². The maximum Gasteiger partial charge on any atom is 0.0866 e. The van der Waals surface area contributed by atoms with Crippen LogP contribution in [0.15, 0.2) is 12.3 Å². The molecular formula is C11H23NO. The third-order valence-corrected chi connectivity index (χ3v) is 1.88. The summed E-state index contributed by atoms with van der Waals surface area (Å²) in [5.41, 5.74) is 0.0877. The molecule has 2 nitrogen and oxygen atoms in total. The van der Waals surface area contributed by atoms with Crippen molar-refractivity contribution in [2.75, 3.05) is 0 Å². The first-order chi connectivity index (χ1) is 5.72. The van der Waals surface area contributed by atoms with Crippen LogP contribution in [-0.2, 0) is 0 Å². The van der Waals surface area contributed by atoms with Crippen molar-refractivity contribution in [1.82, 2.24) is 5.32 Å². The fraction of sp³-hybridized carbons (Fsp3) is 0.818. The summed E-state index contributed by atoms with van der Waals surface area (Å²) < 4.78 is 0. The van der Waals surface area contributed by atoms with Gasteiger partial charge < -0.3 is 10.4 Å². The summed E-state index contributed by atoms with van der Waals surface area (Å²) in [6.45, 7) is 14.2. The summed E-state index contributed by atoms with van der Waals surface area (Å²) >= 11 is 0. The normalized spacial score (nSPS) is 14.6. The fourth-order valence-corrected chi connectivity index (χ4v) is 1.26. The zero-order chi connectivity index (χ0) is 10.6. The summed E-state index contributed by atoms with van der Waals surface area (Å²) in [6, 6.07) is 0.303. The fourth-order valence-electron chi connectivity index (χ4n) is 1.26. The Morgan fingerprint density at radius 1 is 1.38 bits per heavy atom. The van der Waals surface area contributed by atoms with Gasteiger partial charge in [0, 0.05) is 18.0 Å². The minimum Gasteiger partial charge on any atom is -0.513 e. The molecule has 0 fully saturated rings. The van der Waals surface area contributed by atoms with E-state index in [2.05, 4.69) is 46.5 Å². The second kappa shape index (κ2) is 4.66. The molecule has 0 aliphatic rings. The Balaban J connectivity index is 4.19. The van der Waals surface area contributed by atoms with Crippen molar-refractivity contribution in [3.05, 3.63) is 12.3 Å². The quantitative estimate of drug-likeness (QED) is 0.660. The maximum absolute atomic E-state index is 9.13. The van der Waals surface area contributed by atoms with E-state index in [0.717, 1.165) is 0 Å². The number of aliphatic hydroxyl groups is 1. The molecule has 1 unspecified atom stereocenters. The highest BCUT2D eigenvalue weighted by Crippen LogP contribution is 2.14. The van der Waals surface area contributed by atoms with Crippen LogP contribution in [0.3, 0.4) is 0 Å². The zero-order valence-electron chi connectivity index (χ0n) is 9.52. The first-order valence-electron chi connectivity index (χ1n) is 4.87. The smallest absolute Gasteiger partial charge is 0.0866 e. The number of nitrogens with one attached hydrogen (secondary N) is 1. The number of hydrogen-bond acceptors (Lipinski definition) is 2. The monoisotopic (exact) mass is 185 g/mol. The Kier molecular flexibility index (Phi) is 4.48. The lowest BCUT2D eigenvalue weighted by Gasteiger charge is -2.30. The molecule has 0 aliphatic carbocycles. The van der Waals surface area contributed by atoms with Gasteiger partial charge in [-0.1, -0.05) is 20.4 Å². The minimum absolute atomic E-state index is 0.0877. The molecule has 0 saturated heterocycles. The van der Waals surface area contributed by atoms with E-state index in [9.17, 15) is 0 Å². The molecule has 0 saturated carbocycles. The van der Waals surface area contributed by atoms with Crippen molar-refractivity contribution >= 4 is 0 Å². The van der Waals surface area contributed by atoms with Gasteiger partial charge in [-0.05, 0) is 26.7 Å². The SMILES string of the molecule is C=C(O)CC(NC(C)(C)C)C(C)C. The maximum atomic E-state index is 9.13. The van der Waals surface area contributed by atoms with Crippen LogP contribution in [0.5, 0.6) is 0 Å². The summed E-state index contributed by atoms with van der Waals surface area (Å²) in [6.07, 6.45) is 0.634. The van der Waals surface area contributed by atoms with Gasteiger partial charge in [0.1, 0.15) is 0 Å². The Hall–Kier alpha value is -0.500. The van der Waals surface area contributed by atoms with Crippen LogP contribution in [0.2, 0.25) is 0 Å². The highest BCUT2D eigenvalue weighted by Gasteiger charge is 2.20. The molecule has 2 heteroatoms. The Morgan fingerprint density at radius 3 is 2.08 bits per heavy atom. The number of hydrogen-bond donors (Lipinski definition) is 2. The largest absolute Gasteiger partial charge is 0.513 e. The van der Waals surface area contributed by atoms with Crippen molar-refractivity contribution in [1.29, 1.82) is 0 Å². The summed E-state index contributed by atoms with van der Waals surface area (Å²) in [5, 5.41) is 12.6. The van der Waals surface area contributed by atoms with Crippen molar-refractivity contribution in [2.24, 2.45) is 5.92 Å². The second-order valence-electron chi connectivity index (χ2n) is 5.02. The van der Waals surface area contributed by atoms with Crippen LogP contribution in [0.25, 0.3) is 0 Å². The van der Waals surface area contributed by atoms with E-state index in [4.69, 9.17) is 5.11 Å². The summed E-state index contributed by atoms with van der Waals surface area (Å²) in [5.74, 6) is 0.763. The van der Waals surface area contributed by atoms with Gasteiger partial charge >= 0.3 is 0 Å². The van der Waals surface area contributed by atoms with Crippen LogP contribution >= 0.6 is 0 Å². The first-order valence-corrected chi connectivity index (χ1v) is 4.87. The lowest BCUT2D eigenvalue weighted by molar-refractivity contribution is 0.270. The van der Waals surface area contributed by atoms with Crippen molar-refractivity contribution in [3.8, 4) is 0 Å².